The molecular weight excluding hydrogens is 272 g/mol. The Morgan fingerprint density at radius 1 is 0.750 bits per heavy atom. The largest absolute Gasteiger partial charge is 0.135 e. The van der Waals surface area contributed by atoms with Gasteiger partial charge in [0.2, 0.25) is 0 Å². The molecule has 0 aromatic heterocycles. The van der Waals surface area contributed by atoms with Crippen molar-refractivity contribution >= 4 is 48.8 Å². The number of hydrogen-bond acceptors (Lipinski definition) is 4. The summed E-state index contributed by atoms with van der Waals surface area (Å²) in [5.41, 5.74) is 0. The molecule has 0 aliphatic rings. The van der Waals surface area contributed by atoms with Gasteiger partial charge < -0.3 is 0 Å². The van der Waals surface area contributed by atoms with Crippen molar-refractivity contribution in [2.45, 2.75) is 52.4 Å². The highest BCUT2D eigenvalue weighted by Gasteiger charge is 2.01. The van der Waals surface area contributed by atoms with E-state index in [1.807, 2.05) is 23.5 Å². The van der Waals surface area contributed by atoms with Crippen molar-refractivity contribution in [3.8, 4) is 0 Å². The molecule has 16 heavy (non-hydrogen) atoms. The van der Waals surface area contributed by atoms with Gasteiger partial charge in [-0.3, -0.25) is 0 Å². The van der Waals surface area contributed by atoms with Gasteiger partial charge in [0.15, 0.2) is 0 Å². The number of thioether (sulfide) groups is 2. The maximum Gasteiger partial charge on any atom is 0.0569 e. The summed E-state index contributed by atoms with van der Waals surface area (Å²) in [7, 11) is 0. The zero-order valence-corrected chi connectivity index (χ0v) is 13.8. The van der Waals surface area contributed by atoms with E-state index >= 15 is 0 Å². The topological polar surface area (TPSA) is 0 Å². The van der Waals surface area contributed by atoms with Crippen LogP contribution in [0.3, 0.4) is 0 Å². The van der Waals surface area contributed by atoms with Crippen LogP contribution in [0.1, 0.15) is 52.4 Å². The molecule has 0 N–H and O–H groups in total. The summed E-state index contributed by atoms with van der Waals surface area (Å²) >= 11 is 12.7. The fourth-order valence-electron chi connectivity index (χ4n) is 1.17. The van der Waals surface area contributed by atoms with E-state index in [-0.39, 0.29) is 0 Å². The van der Waals surface area contributed by atoms with Crippen LogP contribution in [0.4, 0.5) is 0 Å². The Morgan fingerprint density at radius 2 is 1.12 bits per heavy atom. The van der Waals surface area contributed by atoms with Crippen LogP contribution in [0.5, 0.6) is 0 Å². The number of hydrogen-bond donors (Lipinski definition) is 2. The lowest BCUT2D eigenvalue weighted by Crippen LogP contribution is -1.82. The van der Waals surface area contributed by atoms with Crippen molar-refractivity contribution in [2.75, 3.05) is 11.5 Å². The quantitative estimate of drug-likeness (QED) is 0.385. The summed E-state index contributed by atoms with van der Waals surface area (Å²) < 4.78 is 2.20. The molecule has 0 fully saturated rings. The maximum absolute atomic E-state index is 4.50. The van der Waals surface area contributed by atoms with Crippen molar-refractivity contribution in [1.29, 1.82) is 0 Å². The minimum Gasteiger partial charge on any atom is -0.135 e. The molecule has 0 spiro atoms. The molecule has 0 saturated carbocycles. The summed E-state index contributed by atoms with van der Waals surface area (Å²) in [5, 5.41) is 0. The van der Waals surface area contributed by atoms with Crippen molar-refractivity contribution in [3.05, 3.63) is 8.47 Å². The van der Waals surface area contributed by atoms with Crippen LogP contribution in [0.15, 0.2) is 8.47 Å². The lowest BCUT2D eigenvalue weighted by Gasteiger charge is -2.05. The third-order valence-corrected chi connectivity index (χ3v) is 5.93. The first-order valence-electron chi connectivity index (χ1n) is 6.10. The van der Waals surface area contributed by atoms with E-state index in [9.17, 15) is 0 Å². The number of rotatable bonds is 10. The summed E-state index contributed by atoms with van der Waals surface area (Å²) in [6.07, 6.45) is 7.77. The Balaban J connectivity index is 3.60. The van der Waals surface area contributed by atoms with E-state index < -0.39 is 0 Å². The molecule has 0 bridgehead atoms. The van der Waals surface area contributed by atoms with Crippen LogP contribution in [-0.2, 0) is 0 Å². The van der Waals surface area contributed by atoms with E-state index in [4.69, 9.17) is 0 Å². The summed E-state index contributed by atoms with van der Waals surface area (Å²) in [5.74, 6) is 2.35. The number of unbranched alkanes of at least 4 members (excludes halogenated alkanes) is 4. The van der Waals surface area contributed by atoms with Gasteiger partial charge in [0.25, 0.3) is 0 Å². The Bertz CT molecular complexity index is 169. The smallest absolute Gasteiger partial charge is 0.0569 e. The molecule has 0 radical (unpaired) electrons. The lowest BCUT2D eigenvalue weighted by molar-refractivity contribution is 0.779. The highest BCUT2D eigenvalue weighted by molar-refractivity contribution is 8.21. The van der Waals surface area contributed by atoms with Crippen LogP contribution in [-0.4, -0.2) is 11.5 Å². The van der Waals surface area contributed by atoms with E-state index in [0.717, 1.165) is 8.47 Å². The molecule has 0 aliphatic carbocycles. The van der Waals surface area contributed by atoms with Crippen LogP contribution in [0, 0.1) is 0 Å². The highest BCUT2D eigenvalue weighted by Crippen LogP contribution is 2.33. The molecule has 0 saturated heterocycles. The predicted molar refractivity (Wildman–Crippen MR) is 89.0 cm³/mol. The summed E-state index contributed by atoms with van der Waals surface area (Å²) in [6, 6.07) is 0. The molecule has 0 aliphatic heterocycles. The third-order valence-electron chi connectivity index (χ3n) is 2.16. The second-order valence-corrected chi connectivity index (χ2v) is 7.43. The Labute approximate surface area is 121 Å². The molecule has 4 heteroatoms. The molecule has 0 aromatic rings. The first kappa shape index (κ1) is 17.1. The van der Waals surface area contributed by atoms with Gasteiger partial charge in [0.1, 0.15) is 0 Å². The predicted octanol–water partition coefficient (Wildman–Crippen LogP) is 5.82. The zero-order valence-electron chi connectivity index (χ0n) is 10.4. The molecular formula is C12H24S4. The Morgan fingerprint density at radius 3 is 1.44 bits per heavy atom. The minimum atomic E-state index is 1.10. The number of thiol groups is 2. The lowest BCUT2D eigenvalue weighted by atomic mass is 10.3. The van der Waals surface area contributed by atoms with E-state index in [1.54, 1.807) is 0 Å². The first-order chi connectivity index (χ1) is 7.72. The van der Waals surface area contributed by atoms with Crippen molar-refractivity contribution < 1.29 is 0 Å². The van der Waals surface area contributed by atoms with Crippen LogP contribution < -0.4 is 0 Å². The van der Waals surface area contributed by atoms with E-state index in [2.05, 4.69) is 39.1 Å². The van der Waals surface area contributed by atoms with Crippen molar-refractivity contribution in [1.82, 2.24) is 0 Å². The van der Waals surface area contributed by atoms with E-state index in [0.29, 0.717) is 0 Å². The molecule has 0 unspecified atom stereocenters. The second-order valence-electron chi connectivity index (χ2n) is 3.72. The van der Waals surface area contributed by atoms with Gasteiger partial charge in [0, 0.05) is 0 Å². The van der Waals surface area contributed by atoms with Gasteiger partial charge >= 0.3 is 0 Å². The Kier molecular flexibility index (Phi) is 13.5. The standard InChI is InChI=1S/C12H24S4/c1-3-5-7-9-15-11(13)12(14)16-10-8-6-4-2/h13-14H,3-10H2,1-2H3. The van der Waals surface area contributed by atoms with Crippen molar-refractivity contribution in [3.63, 3.8) is 0 Å². The molecule has 0 amide bonds. The fraction of sp³-hybridized carbons (Fsp3) is 0.833. The van der Waals surface area contributed by atoms with Crippen molar-refractivity contribution in [2.24, 2.45) is 0 Å². The Hall–Kier alpha value is 1.14. The molecule has 0 nitrogen and oxygen atoms in total. The fourth-order valence-corrected chi connectivity index (χ4v) is 3.78. The van der Waals surface area contributed by atoms with Crippen LogP contribution in [0.2, 0.25) is 0 Å². The van der Waals surface area contributed by atoms with Gasteiger partial charge in [-0.1, -0.05) is 39.5 Å². The van der Waals surface area contributed by atoms with Gasteiger partial charge in [-0.05, 0) is 24.3 Å². The molecule has 0 heterocycles. The van der Waals surface area contributed by atoms with Crippen LogP contribution >= 0.6 is 48.8 Å². The second kappa shape index (κ2) is 12.6. The van der Waals surface area contributed by atoms with Crippen LogP contribution in [0.25, 0.3) is 0 Å². The van der Waals surface area contributed by atoms with E-state index in [1.165, 1.54) is 50.0 Å². The third kappa shape index (κ3) is 10.3. The maximum atomic E-state index is 4.50. The monoisotopic (exact) mass is 296 g/mol. The van der Waals surface area contributed by atoms with Gasteiger partial charge in [-0.25, -0.2) is 0 Å². The van der Waals surface area contributed by atoms with Gasteiger partial charge in [-0.2, -0.15) is 0 Å². The summed E-state index contributed by atoms with van der Waals surface area (Å²) in [4.78, 5) is 0. The average Bonchev–Trinajstić information content (AvgIpc) is 2.29. The zero-order chi connectivity index (χ0) is 12.2. The summed E-state index contributed by atoms with van der Waals surface area (Å²) in [6.45, 7) is 4.46. The molecule has 96 valence electrons. The highest BCUT2D eigenvalue weighted by atomic mass is 32.2. The first-order valence-corrected chi connectivity index (χ1v) is 8.96. The molecule has 0 rings (SSSR count). The SMILES string of the molecule is CCCCCSC(S)=C(S)SCCCCC. The molecule has 0 atom stereocenters. The van der Waals surface area contributed by atoms with Gasteiger partial charge in [-0.15, -0.1) is 48.8 Å². The molecule has 0 aromatic carbocycles. The average molecular weight is 297 g/mol. The minimum absolute atomic E-state index is 1.10. The normalized spacial score (nSPS) is 12.8. The van der Waals surface area contributed by atoms with Gasteiger partial charge in [0.05, 0.1) is 8.47 Å².